The lowest BCUT2D eigenvalue weighted by Crippen LogP contribution is -2.32. The van der Waals surface area contributed by atoms with Gasteiger partial charge in [-0.05, 0) is 12.1 Å². The Morgan fingerprint density at radius 1 is 1.47 bits per heavy atom. The summed E-state index contributed by atoms with van der Waals surface area (Å²) in [5, 5.41) is 1.33. The molecule has 2 aromatic rings. The van der Waals surface area contributed by atoms with E-state index < -0.39 is 5.41 Å². The summed E-state index contributed by atoms with van der Waals surface area (Å²) in [5.74, 6) is 0.204. The number of carbonyl (C=O) groups is 1. The molecule has 0 saturated heterocycles. The summed E-state index contributed by atoms with van der Waals surface area (Å²) in [6.45, 7) is 3.87. The number of halogens is 1. The minimum atomic E-state index is -0.625. The molecule has 0 radical (unpaired) electrons. The van der Waals surface area contributed by atoms with Crippen molar-refractivity contribution in [2.45, 2.75) is 13.8 Å². The van der Waals surface area contributed by atoms with E-state index in [0.29, 0.717) is 16.4 Å². The third-order valence-electron chi connectivity index (χ3n) is 2.84. The topological polar surface area (TPSA) is 56.2 Å². The predicted octanol–water partition coefficient (Wildman–Crippen LogP) is 3.25. The second kappa shape index (κ2) is 4.17. The number of fused-ring (bicyclic) bond motifs is 1. The smallest absolute Gasteiger partial charge is 0.204 e. The Kier molecular flexibility index (Phi) is 2.98. The quantitative estimate of drug-likeness (QED) is 0.852. The number of ketones is 1. The zero-order valence-electron chi connectivity index (χ0n) is 9.79. The molecule has 3 nitrogen and oxygen atoms in total. The number of carbonyl (C=O) groups excluding carboxylic acids is 1. The normalized spacial score (nSPS) is 12.0. The zero-order chi connectivity index (χ0) is 12.6. The molecule has 90 valence electrons. The van der Waals surface area contributed by atoms with E-state index >= 15 is 0 Å². The molecule has 0 aliphatic carbocycles. The molecule has 1 aromatic carbocycles. The highest BCUT2D eigenvalue weighted by Gasteiger charge is 2.29. The first-order valence-corrected chi connectivity index (χ1v) is 5.76. The van der Waals surface area contributed by atoms with E-state index in [9.17, 15) is 4.79 Å². The number of para-hydroxylation sites is 1. The molecule has 0 aliphatic heterocycles. The van der Waals surface area contributed by atoms with Crippen LogP contribution >= 0.6 is 11.6 Å². The van der Waals surface area contributed by atoms with Gasteiger partial charge in [-0.2, -0.15) is 0 Å². The monoisotopic (exact) mass is 251 g/mol. The van der Waals surface area contributed by atoms with E-state index in [1.54, 1.807) is 26.0 Å². The van der Waals surface area contributed by atoms with Crippen LogP contribution in [0.25, 0.3) is 11.0 Å². The maximum Gasteiger partial charge on any atom is 0.204 e. The Morgan fingerprint density at radius 3 is 2.76 bits per heavy atom. The lowest BCUT2D eigenvalue weighted by atomic mass is 9.87. The van der Waals surface area contributed by atoms with Gasteiger partial charge < -0.3 is 10.2 Å². The fraction of sp³-hybridized carbons (Fsp3) is 0.308. The lowest BCUT2D eigenvalue weighted by Gasteiger charge is -2.18. The van der Waals surface area contributed by atoms with Crippen LogP contribution in [-0.2, 0) is 0 Å². The standard InChI is InChI=1S/C13H14ClNO2/c1-13(2,7-15)12(16)10-6-8-4-3-5-9(14)11(8)17-10/h3-6H,7,15H2,1-2H3. The van der Waals surface area contributed by atoms with E-state index in [0.717, 1.165) is 5.39 Å². The maximum atomic E-state index is 12.2. The second-order valence-electron chi connectivity index (χ2n) is 4.69. The molecule has 0 amide bonds. The minimum absolute atomic E-state index is 0.104. The summed E-state index contributed by atoms with van der Waals surface area (Å²) < 4.78 is 5.51. The molecule has 0 fully saturated rings. The molecule has 2 rings (SSSR count). The first-order valence-electron chi connectivity index (χ1n) is 5.38. The zero-order valence-corrected chi connectivity index (χ0v) is 10.5. The minimum Gasteiger partial charge on any atom is -0.451 e. The van der Waals surface area contributed by atoms with Crippen LogP contribution in [-0.4, -0.2) is 12.3 Å². The van der Waals surface area contributed by atoms with Crippen LogP contribution in [0.2, 0.25) is 5.02 Å². The molecule has 4 heteroatoms. The number of rotatable bonds is 3. The van der Waals surface area contributed by atoms with Crippen molar-refractivity contribution in [1.82, 2.24) is 0 Å². The van der Waals surface area contributed by atoms with Crippen molar-refractivity contribution < 1.29 is 9.21 Å². The van der Waals surface area contributed by atoms with Crippen molar-refractivity contribution in [1.29, 1.82) is 0 Å². The number of benzene rings is 1. The molecule has 0 atom stereocenters. The summed E-state index contributed by atoms with van der Waals surface area (Å²) >= 11 is 5.99. The second-order valence-corrected chi connectivity index (χ2v) is 5.09. The largest absolute Gasteiger partial charge is 0.451 e. The Bertz CT molecular complexity index is 572. The van der Waals surface area contributed by atoms with Gasteiger partial charge >= 0.3 is 0 Å². The third kappa shape index (κ3) is 2.08. The van der Waals surface area contributed by atoms with E-state index in [1.807, 2.05) is 12.1 Å². The van der Waals surface area contributed by atoms with E-state index in [1.165, 1.54) is 0 Å². The van der Waals surface area contributed by atoms with Gasteiger partial charge in [0.15, 0.2) is 11.3 Å². The van der Waals surface area contributed by atoms with Gasteiger partial charge in [0.2, 0.25) is 5.78 Å². The van der Waals surface area contributed by atoms with Crippen molar-refractivity contribution in [2.24, 2.45) is 11.1 Å². The summed E-state index contributed by atoms with van der Waals surface area (Å²) in [4.78, 5) is 12.2. The van der Waals surface area contributed by atoms with Crippen LogP contribution in [0.1, 0.15) is 24.4 Å². The maximum absolute atomic E-state index is 12.2. The number of nitrogens with two attached hydrogens (primary N) is 1. The van der Waals surface area contributed by atoms with Crippen LogP contribution in [0.5, 0.6) is 0 Å². The van der Waals surface area contributed by atoms with Crippen molar-refractivity contribution in [3.8, 4) is 0 Å². The molecule has 0 aliphatic rings. The van der Waals surface area contributed by atoms with Gasteiger partial charge in [0.05, 0.1) is 5.02 Å². The van der Waals surface area contributed by atoms with Crippen molar-refractivity contribution in [3.05, 3.63) is 35.0 Å². The fourth-order valence-corrected chi connectivity index (χ4v) is 1.79. The number of furan rings is 1. The highest BCUT2D eigenvalue weighted by molar-refractivity contribution is 6.34. The van der Waals surface area contributed by atoms with Crippen molar-refractivity contribution in [3.63, 3.8) is 0 Å². The van der Waals surface area contributed by atoms with Gasteiger partial charge in [0.1, 0.15) is 0 Å². The molecular weight excluding hydrogens is 238 g/mol. The number of Topliss-reactive ketones (excluding diaryl/α,β-unsaturated/α-hetero) is 1. The van der Waals surface area contributed by atoms with Crippen LogP contribution in [0.4, 0.5) is 0 Å². The highest BCUT2D eigenvalue weighted by atomic mass is 35.5. The first kappa shape index (κ1) is 12.1. The molecule has 1 heterocycles. The van der Waals surface area contributed by atoms with Crippen molar-refractivity contribution in [2.75, 3.05) is 6.54 Å². The van der Waals surface area contributed by atoms with E-state index in [2.05, 4.69) is 0 Å². The Balaban J connectivity index is 2.51. The molecular formula is C13H14ClNO2. The molecule has 0 unspecified atom stereocenters. The Morgan fingerprint density at radius 2 is 2.18 bits per heavy atom. The van der Waals surface area contributed by atoms with Gasteiger partial charge in [0.25, 0.3) is 0 Å². The Labute approximate surface area is 105 Å². The average Bonchev–Trinajstić information content (AvgIpc) is 2.73. The van der Waals surface area contributed by atoms with Crippen LogP contribution in [0.15, 0.2) is 28.7 Å². The summed E-state index contributed by atoms with van der Waals surface area (Å²) in [6, 6.07) is 7.12. The first-order chi connectivity index (χ1) is 7.95. The highest BCUT2D eigenvalue weighted by Crippen LogP contribution is 2.29. The van der Waals surface area contributed by atoms with Crippen LogP contribution in [0, 0.1) is 5.41 Å². The van der Waals surface area contributed by atoms with Gasteiger partial charge in [-0.15, -0.1) is 0 Å². The van der Waals surface area contributed by atoms with E-state index in [-0.39, 0.29) is 12.3 Å². The summed E-state index contributed by atoms with van der Waals surface area (Å²) in [5.41, 5.74) is 5.50. The summed E-state index contributed by atoms with van der Waals surface area (Å²) in [7, 11) is 0. The van der Waals surface area contributed by atoms with Gasteiger partial charge in [-0.1, -0.05) is 37.6 Å². The Hall–Kier alpha value is -1.32. The SMILES string of the molecule is CC(C)(CN)C(=O)c1cc2cccc(Cl)c2o1. The van der Waals surface area contributed by atoms with Crippen molar-refractivity contribution >= 4 is 28.4 Å². The molecule has 2 N–H and O–H groups in total. The molecule has 17 heavy (non-hydrogen) atoms. The third-order valence-corrected chi connectivity index (χ3v) is 3.14. The van der Waals surface area contributed by atoms with E-state index in [4.69, 9.17) is 21.8 Å². The van der Waals surface area contributed by atoms with Crippen LogP contribution < -0.4 is 5.73 Å². The molecule has 0 bridgehead atoms. The molecule has 0 saturated carbocycles. The van der Waals surface area contributed by atoms with Gasteiger partial charge in [-0.25, -0.2) is 0 Å². The molecule has 0 spiro atoms. The fourth-order valence-electron chi connectivity index (χ4n) is 1.57. The predicted molar refractivity (Wildman–Crippen MR) is 68.4 cm³/mol. The molecule has 1 aromatic heterocycles. The van der Waals surface area contributed by atoms with Gasteiger partial charge in [-0.3, -0.25) is 4.79 Å². The van der Waals surface area contributed by atoms with Crippen LogP contribution in [0.3, 0.4) is 0 Å². The average molecular weight is 252 g/mol. The number of hydrogen-bond acceptors (Lipinski definition) is 3. The number of hydrogen-bond donors (Lipinski definition) is 1. The van der Waals surface area contributed by atoms with Gasteiger partial charge in [0, 0.05) is 17.3 Å². The lowest BCUT2D eigenvalue weighted by molar-refractivity contribution is 0.0820. The summed E-state index contributed by atoms with van der Waals surface area (Å²) in [6.07, 6.45) is 0.